The number of likely N-dealkylation sites (tertiary alicyclic amines) is 1. The summed E-state index contributed by atoms with van der Waals surface area (Å²) in [5.41, 5.74) is 0.0814. The van der Waals surface area contributed by atoms with Crippen molar-refractivity contribution in [3.05, 3.63) is 23.5 Å². The summed E-state index contributed by atoms with van der Waals surface area (Å²) in [5.74, 6) is 0.0299. The number of carbonyl (C=O) groups is 1. The van der Waals surface area contributed by atoms with Crippen LogP contribution >= 0.6 is 11.3 Å². The molecule has 90 valence electrons. The van der Waals surface area contributed by atoms with Crippen LogP contribution < -0.4 is 0 Å². The molecule has 0 bridgehead atoms. The van der Waals surface area contributed by atoms with E-state index in [1.807, 2.05) is 22.2 Å². The molecule has 1 aliphatic rings. The number of fused-ring (bicyclic) bond motifs is 1. The van der Waals surface area contributed by atoms with Crippen LogP contribution in [0.2, 0.25) is 0 Å². The Morgan fingerprint density at radius 3 is 3.06 bits per heavy atom. The lowest BCUT2D eigenvalue weighted by Gasteiger charge is -2.44. The van der Waals surface area contributed by atoms with E-state index in [9.17, 15) is 9.90 Å². The summed E-state index contributed by atoms with van der Waals surface area (Å²) < 4.78 is 1.92. The molecule has 0 radical (unpaired) electrons. The quantitative estimate of drug-likeness (QED) is 0.847. The van der Waals surface area contributed by atoms with Gasteiger partial charge in [-0.3, -0.25) is 9.20 Å². The number of hydrogen-bond acceptors (Lipinski definition) is 4. The number of thiazole rings is 1. The van der Waals surface area contributed by atoms with E-state index in [1.54, 1.807) is 23.2 Å². The van der Waals surface area contributed by atoms with E-state index in [4.69, 9.17) is 0 Å². The molecule has 3 heterocycles. The molecule has 6 heteroatoms. The second-order valence-electron chi connectivity index (χ2n) is 4.75. The zero-order valence-corrected chi connectivity index (χ0v) is 10.3. The highest BCUT2D eigenvalue weighted by Crippen LogP contribution is 2.21. The molecule has 0 atom stereocenters. The average molecular weight is 251 g/mol. The van der Waals surface area contributed by atoms with Gasteiger partial charge in [-0.1, -0.05) is 0 Å². The van der Waals surface area contributed by atoms with Gasteiger partial charge in [0.05, 0.1) is 30.8 Å². The summed E-state index contributed by atoms with van der Waals surface area (Å²) in [6.07, 6.45) is 4.11. The van der Waals surface area contributed by atoms with Crippen LogP contribution in [0, 0.1) is 0 Å². The number of rotatable bonds is 2. The topological polar surface area (TPSA) is 57.8 Å². The highest BCUT2D eigenvalue weighted by atomic mass is 32.1. The fraction of sp³-hybridized carbons (Fsp3) is 0.455. The summed E-state index contributed by atoms with van der Waals surface area (Å²) >= 11 is 1.55. The Hall–Kier alpha value is -1.40. The van der Waals surface area contributed by atoms with Crippen LogP contribution in [0.15, 0.2) is 17.8 Å². The van der Waals surface area contributed by atoms with E-state index in [0.29, 0.717) is 19.5 Å². The Balaban J connectivity index is 1.67. The van der Waals surface area contributed by atoms with E-state index < -0.39 is 5.60 Å². The second-order valence-corrected chi connectivity index (χ2v) is 5.62. The van der Waals surface area contributed by atoms with Gasteiger partial charge in [0.2, 0.25) is 5.91 Å². The molecule has 5 nitrogen and oxygen atoms in total. The third-order valence-electron chi connectivity index (χ3n) is 2.89. The minimum atomic E-state index is -0.704. The second kappa shape index (κ2) is 3.54. The highest BCUT2D eigenvalue weighted by Gasteiger charge is 2.39. The molecule has 2 aromatic heterocycles. The number of imidazole rings is 1. The molecule has 1 aliphatic heterocycles. The lowest BCUT2D eigenvalue weighted by Crippen LogP contribution is -2.62. The van der Waals surface area contributed by atoms with E-state index in [1.165, 1.54) is 0 Å². The SMILES string of the molecule is CC1(O)CN(C(=O)Cc2cn3ccsc3n2)C1. The molecule has 2 aromatic rings. The Morgan fingerprint density at radius 1 is 1.65 bits per heavy atom. The Kier molecular flexibility index (Phi) is 2.24. The van der Waals surface area contributed by atoms with Crippen molar-refractivity contribution in [1.29, 1.82) is 0 Å². The Morgan fingerprint density at radius 2 is 2.41 bits per heavy atom. The standard InChI is InChI=1S/C11H13N3O2S/c1-11(16)6-14(7-11)9(15)4-8-5-13-2-3-17-10(13)12-8/h2-3,5,16H,4,6-7H2,1H3. The van der Waals surface area contributed by atoms with Crippen molar-refractivity contribution < 1.29 is 9.90 Å². The van der Waals surface area contributed by atoms with Crippen molar-refractivity contribution in [2.75, 3.05) is 13.1 Å². The summed E-state index contributed by atoms with van der Waals surface area (Å²) in [4.78, 5) is 18.8. The lowest BCUT2D eigenvalue weighted by atomic mass is 9.96. The van der Waals surface area contributed by atoms with Gasteiger partial charge in [0.25, 0.3) is 0 Å². The van der Waals surface area contributed by atoms with Crippen LogP contribution in [0.1, 0.15) is 12.6 Å². The van der Waals surface area contributed by atoms with E-state index >= 15 is 0 Å². The maximum atomic E-state index is 11.9. The van der Waals surface area contributed by atoms with Crippen molar-refractivity contribution in [2.45, 2.75) is 18.9 Å². The average Bonchev–Trinajstić information content (AvgIpc) is 2.73. The minimum Gasteiger partial charge on any atom is -0.386 e. The first kappa shape index (κ1) is 10.7. The van der Waals surface area contributed by atoms with Crippen molar-refractivity contribution in [3.8, 4) is 0 Å². The van der Waals surface area contributed by atoms with Crippen LogP contribution in [0.5, 0.6) is 0 Å². The monoisotopic (exact) mass is 251 g/mol. The smallest absolute Gasteiger partial charge is 0.228 e. The molecule has 17 heavy (non-hydrogen) atoms. The molecular formula is C11H13N3O2S. The first-order valence-corrected chi connectivity index (χ1v) is 6.33. The van der Waals surface area contributed by atoms with E-state index in [0.717, 1.165) is 10.7 Å². The molecule has 1 saturated heterocycles. The molecule has 1 amide bonds. The Labute approximate surface area is 102 Å². The zero-order valence-electron chi connectivity index (χ0n) is 9.46. The molecular weight excluding hydrogens is 238 g/mol. The van der Waals surface area contributed by atoms with Gasteiger partial charge in [0.1, 0.15) is 0 Å². The molecule has 0 spiro atoms. The van der Waals surface area contributed by atoms with E-state index in [2.05, 4.69) is 4.98 Å². The first-order chi connectivity index (χ1) is 8.03. The largest absolute Gasteiger partial charge is 0.386 e. The minimum absolute atomic E-state index is 0.0299. The van der Waals surface area contributed by atoms with Gasteiger partial charge in [0.15, 0.2) is 4.96 Å². The van der Waals surface area contributed by atoms with Crippen LogP contribution in [0.3, 0.4) is 0 Å². The van der Waals surface area contributed by atoms with Crippen LogP contribution in [-0.4, -0.2) is 44.0 Å². The van der Waals surface area contributed by atoms with Gasteiger partial charge in [-0.25, -0.2) is 4.98 Å². The predicted octanol–water partition coefficient (Wildman–Crippen LogP) is 0.531. The lowest BCUT2D eigenvalue weighted by molar-refractivity contribution is -0.151. The highest BCUT2D eigenvalue weighted by molar-refractivity contribution is 7.15. The summed E-state index contributed by atoms with van der Waals surface area (Å²) in [6, 6.07) is 0. The zero-order chi connectivity index (χ0) is 12.0. The van der Waals surface area contributed by atoms with E-state index in [-0.39, 0.29) is 5.91 Å². The molecule has 0 aliphatic carbocycles. The van der Waals surface area contributed by atoms with Crippen LogP contribution in [-0.2, 0) is 11.2 Å². The van der Waals surface area contributed by atoms with Gasteiger partial charge < -0.3 is 10.0 Å². The molecule has 3 rings (SSSR count). The molecule has 0 saturated carbocycles. The summed E-state index contributed by atoms with van der Waals surface area (Å²) in [6.45, 7) is 2.59. The number of hydrogen-bond donors (Lipinski definition) is 1. The van der Waals surface area contributed by atoms with Crippen LogP contribution in [0.25, 0.3) is 4.96 Å². The Bertz CT molecular complexity index is 536. The first-order valence-electron chi connectivity index (χ1n) is 5.45. The molecule has 1 N–H and O–H groups in total. The van der Waals surface area contributed by atoms with Gasteiger partial charge in [0, 0.05) is 17.8 Å². The number of aliphatic hydroxyl groups is 1. The van der Waals surface area contributed by atoms with Crippen molar-refractivity contribution in [1.82, 2.24) is 14.3 Å². The number of β-amino-alcohol motifs (C(OH)–C–C–N with tert-alkyl or cyclic N) is 1. The number of nitrogens with zero attached hydrogens (tertiary/aromatic N) is 3. The molecule has 0 aromatic carbocycles. The van der Waals surface area contributed by atoms with Gasteiger partial charge in [-0.15, -0.1) is 11.3 Å². The summed E-state index contributed by atoms with van der Waals surface area (Å²) in [5, 5.41) is 11.5. The molecule has 0 unspecified atom stereocenters. The van der Waals surface area contributed by atoms with Crippen molar-refractivity contribution in [2.24, 2.45) is 0 Å². The van der Waals surface area contributed by atoms with Gasteiger partial charge in [-0.2, -0.15) is 0 Å². The van der Waals surface area contributed by atoms with Gasteiger partial charge >= 0.3 is 0 Å². The van der Waals surface area contributed by atoms with Crippen molar-refractivity contribution in [3.63, 3.8) is 0 Å². The van der Waals surface area contributed by atoms with Crippen molar-refractivity contribution >= 4 is 22.2 Å². The maximum absolute atomic E-state index is 11.9. The van der Waals surface area contributed by atoms with Gasteiger partial charge in [-0.05, 0) is 6.92 Å². The number of amides is 1. The third-order valence-corrected chi connectivity index (χ3v) is 3.66. The fourth-order valence-corrected chi connectivity index (χ4v) is 2.80. The fourth-order valence-electron chi connectivity index (χ4n) is 2.08. The normalized spacial score (nSPS) is 18.4. The third kappa shape index (κ3) is 1.94. The maximum Gasteiger partial charge on any atom is 0.228 e. The predicted molar refractivity (Wildman–Crippen MR) is 64.0 cm³/mol. The summed E-state index contributed by atoms with van der Waals surface area (Å²) in [7, 11) is 0. The van der Waals surface area contributed by atoms with Crippen LogP contribution in [0.4, 0.5) is 0 Å². The number of aromatic nitrogens is 2. The molecule has 1 fully saturated rings. The number of carbonyl (C=O) groups excluding carboxylic acids is 1.